The summed E-state index contributed by atoms with van der Waals surface area (Å²) < 4.78 is 26.4. The molecule has 0 aliphatic carbocycles. The van der Waals surface area contributed by atoms with Crippen LogP contribution in [0.5, 0.6) is 0 Å². The van der Waals surface area contributed by atoms with Gasteiger partial charge in [-0.15, -0.1) is 0 Å². The van der Waals surface area contributed by atoms with Crippen LogP contribution in [-0.2, 0) is 13.8 Å². The van der Waals surface area contributed by atoms with E-state index >= 15 is 0 Å². The van der Waals surface area contributed by atoms with E-state index in [-0.39, 0.29) is 18.1 Å². The fourth-order valence-corrected chi connectivity index (χ4v) is 3.36. The summed E-state index contributed by atoms with van der Waals surface area (Å²) in [6.45, 7) is 3.66. The van der Waals surface area contributed by atoms with Gasteiger partial charge in [-0.1, -0.05) is 11.8 Å². The van der Waals surface area contributed by atoms with E-state index in [1.54, 1.807) is 13.8 Å². The van der Waals surface area contributed by atoms with E-state index in [0.717, 1.165) is 11.8 Å². The second-order valence-electron chi connectivity index (χ2n) is 3.46. The zero-order valence-electron chi connectivity index (χ0n) is 10.4. The Bertz CT molecular complexity index is 563. The van der Waals surface area contributed by atoms with Crippen molar-refractivity contribution < 1.29 is 17.9 Å². The number of thioether (sulfide) groups is 1. The molecule has 19 heavy (non-hydrogen) atoms. The Balaban J connectivity index is 2.69. The van der Waals surface area contributed by atoms with Gasteiger partial charge in [0.1, 0.15) is 0 Å². The van der Waals surface area contributed by atoms with Crippen LogP contribution in [0.15, 0.2) is 11.4 Å². The number of rotatable bonds is 6. The number of esters is 1. The molecule has 1 rings (SSSR count). The Morgan fingerprint density at radius 1 is 1.53 bits per heavy atom. The average Bonchev–Trinajstić information content (AvgIpc) is 2.27. The molecule has 0 atom stereocenters. The Labute approximate surface area is 120 Å². The smallest absolute Gasteiger partial charge is 0.341 e. The number of ether oxygens (including phenoxy) is 1. The first-order chi connectivity index (χ1) is 8.83. The highest BCUT2D eigenvalue weighted by molar-refractivity contribution is 8.14. The molecular weight excluding hydrogens is 312 g/mol. The van der Waals surface area contributed by atoms with Gasteiger partial charge < -0.3 is 4.74 Å². The van der Waals surface area contributed by atoms with E-state index in [1.807, 2.05) is 0 Å². The van der Waals surface area contributed by atoms with Crippen LogP contribution in [0.25, 0.3) is 0 Å². The van der Waals surface area contributed by atoms with Crippen LogP contribution in [0.4, 0.5) is 0 Å². The van der Waals surface area contributed by atoms with Crippen LogP contribution in [0.2, 0.25) is 0 Å². The number of halogens is 1. The van der Waals surface area contributed by atoms with Crippen molar-refractivity contribution >= 4 is 37.5 Å². The molecule has 0 N–H and O–H groups in total. The lowest BCUT2D eigenvalue weighted by atomic mass is 10.2. The molecule has 106 valence electrons. The molecule has 0 radical (unpaired) electrons. The highest BCUT2D eigenvalue weighted by Crippen LogP contribution is 2.16. The first-order valence-corrected chi connectivity index (χ1v) is 8.85. The zero-order valence-corrected chi connectivity index (χ0v) is 12.8. The van der Waals surface area contributed by atoms with Crippen molar-refractivity contribution in [2.75, 3.05) is 18.1 Å². The second kappa shape index (κ2) is 7.06. The van der Waals surface area contributed by atoms with E-state index in [1.165, 1.54) is 6.20 Å². The van der Waals surface area contributed by atoms with Gasteiger partial charge in [-0.2, -0.15) is 0 Å². The van der Waals surface area contributed by atoms with Crippen LogP contribution >= 0.6 is 22.4 Å². The van der Waals surface area contributed by atoms with Crippen LogP contribution in [-0.4, -0.2) is 42.5 Å². The number of hydrogen-bond acceptors (Lipinski definition) is 7. The summed E-state index contributed by atoms with van der Waals surface area (Å²) in [5.41, 5.74) is 0.792. The minimum absolute atomic E-state index is 0.165. The lowest BCUT2D eigenvalue weighted by Crippen LogP contribution is -2.09. The standard InChI is InChI=1S/C10H13ClN2O4S2/c1-3-17-9(14)8-6-12-10(13-7(8)2)18-4-5-19(11,15)16/h6H,3-5H2,1-2H3. The first kappa shape index (κ1) is 16.2. The van der Waals surface area contributed by atoms with E-state index < -0.39 is 15.0 Å². The molecule has 1 heterocycles. The molecule has 6 nitrogen and oxygen atoms in total. The lowest BCUT2D eigenvalue weighted by Gasteiger charge is -2.05. The van der Waals surface area contributed by atoms with E-state index in [2.05, 4.69) is 9.97 Å². The lowest BCUT2D eigenvalue weighted by molar-refractivity contribution is 0.0524. The normalized spacial score (nSPS) is 11.3. The third kappa shape index (κ3) is 5.75. The molecule has 0 saturated carbocycles. The summed E-state index contributed by atoms with van der Waals surface area (Å²) in [5, 5.41) is 0.394. The molecule has 1 aromatic rings. The molecule has 0 unspecified atom stereocenters. The zero-order chi connectivity index (χ0) is 14.5. The van der Waals surface area contributed by atoms with E-state index in [0.29, 0.717) is 16.4 Å². The minimum atomic E-state index is -3.51. The number of nitrogens with zero attached hydrogens (tertiary/aromatic N) is 2. The topological polar surface area (TPSA) is 86.2 Å². The molecule has 0 aliphatic heterocycles. The predicted octanol–water partition coefficient (Wildman–Crippen LogP) is 1.62. The van der Waals surface area contributed by atoms with Crippen molar-refractivity contribution in [3.8, 4) is 0 Å². The Hall–Kier alpha value is -0.860. The van der Waals surface area contributed by atoms with Crippen LogP contribution in [0.1, 0.15) is 23.0 Å². The Kier molecular flexibility index (Phi) is 6.02. The fraction of sp³-hybridized carbons (Fsp3) is 0.500. The number of aryl methyl sites for hydroxylation is 1. The quantitative estimate of drug-likeness (QED) is 0.340. The van der Waals surface area contributed by atoms with Gasteiger partial charge >= 0.3 is 5.97 Å². The maximum absolute atomic E-state index is 11.5. The van der Waals surface area contributed by atoms with Gasteiger partial charge in [0.2, 0.25) is 9.05 Å². The third-order valence-corrected chi connectivity index (χ3v) is 4.29. The Morgan fingerprint density at radius 3 is 2.74 bits per heavy atom. The van der Waals surface area contributed by atoms with E-state index in [4.69, 9.17) is 15.4 Å². The van der Waals surface area contributed by atoms with Gasteiger partial charge in [0, 0.05) is 22.6 Å². The molecule has 0 bridgehead atoms. The highest BCUT2D eigenvalue weighted by Gasteiger charge is 2.13. The third-order valence-electron chi connectivity index (χ3n) is 2.01. The fourth-order valence-electron chi connectivity index (χ4n) is 1.16. The number of hydrogen-bond donors (Lipinski definition) is 0. The summed E-state index contributed by atoms with van der Waals surface area (Å²) in [6.07, 6.45) is 1.37. The van der Waals surface area contributed by atoms with Gasteiger partial charge in [0.15, 0.2) is 5.16 Å². The number of aromatic nitrogens is 2. The maximum atomic E-state index is 11.5. The molecule has 0 aromatic carbocycles. The molecule has 0 spiro atoms. The summed E-state index contributed by atoms with van der Waals surface area (Å²) in [7, 11) is 1.58. The van der Waals surface area contributed by atoms with Crippen molar-refractivity contribution in [1.82, 2.24) is 9.97 Å². The molecule has 1 aromatic heterocycles. The second-order valence-corrected chi connectivity index (χ2v) is 7.42. The predicted molar refractivity (Wildman–Crippen MR) is 73.1 cm³/mol. The van der Waals surface area contributed by atoms with Crippen molar-refractivity contribution in [1.29, 1.82) is 0 Å². The van der Waals surface area contributed by atoms with Crippen LogP contribution in [0.3, 0.4) is 0 Å². The first-order valence-electron chi connectivity index (χ1n) is 5.39. The molecular formula is C10H13ClN2O4S2. The van der Waals surface area contributed by atoms with Crippen molar-refractivity contribution in [3.05, 3.63) is 17.5 Å². The number of carbonyl (C=O) groups is 1. The summed E-state index contributed by atoms with van der Waals surface area (Å²) >= 11 is 1.16. The van der Waals surface area contributed by atoms with Crippen molar-refractivity contribution in [3.63, 3.8) is 0 Å². The summed E-state index contributed by atoms with van der Waals surface area (Å²) in [5.74, 6) is -0.384. The molecule has 0 fully saturated rings. The molecule has 0 saturated heterocycles. The Morgan fingerprint density at radius 2 is 2.21 bits per heavy atom. The molecule has 0 amide bonds. The average molecular weight is 325 g/mol. The maximum Gasteiger partial charge on any atom is 0.341 e. The van der Waals surface area contributed by atoms with Gasteiger partial charge in [-0.05, 0) is 13.8 Å². The van der Waals surface area contributed by atoms with Crippen molar-refractivity contribution in [2.24, 2.45) is 0 Å². The van der Waals surface area contributed by atoms with Gasteiger partial charge in [-0.25, -0.2) is 23.2 Å². The van der Waals surface area contributed by atoms with Gasteiger partial charge in [0.05, 0.1) is 23.6 Å². The SMILES string of the molecule is CCOC(=O)c1cnc(SCCS(=O)(=O)Cl)nc1C. The van der Waals surface area contributed by atoms with Gasteiger partial charge in [0.25, 0.3) is 0 Å². The summed E-state index contributed by atoms with van der Waals surface area (Å²) in [6, 6.07) is 0. The largest absolute Gasteiger partial charge is 0.462 e. The molecule has 0 aliphatic rings. The highest BCUT2D eigenvalue weighted by atomic mass is 35.7. The van der Waals surface area contributed by atoms with E-state index in [9.17, 15) is 13.2 Å². The van der Waals surface area contributed by atoms with Crippen LogP contribution in [0, 0.1) is 6.92 Å². The van der Waals surface area contributed by atoms with Crippen LogP contribution < -0.4 is 0 Å². The number of carbonyl (C=O) groups excluding carboxylic acids is 1. The summed E-state index contributed by atoms with van der Waals surface area (Å²) in [4.78, 5) is 19.6. The molecule has 9 heteroatoms. The van der Waals surface area contributed by atoms with Gasteiger partial charge in [-0.3, -0.25) is 0 Å². The monoisotopic (exact) mass is 324 g/mol. The van der Waals surface area contributed by atoms with Crippen molar-refractivity contribution in [2.45, 2.75) is 19.0 Å². The minimum Gasteiger partial charge on any atom is -0.462 e.